The first kappa shape index (κ1) is 11.2. The van der Waals surface area contributed by atoms with Gasteiger partial charge in [0.25, 0.3) is 0 Å². The highest BCUT2D eigenvalue weighted by Crippen LogP contribution is 2.22. The first-order valence-electron chi connectivity index (χ1n) is 6.04. The van der Waals surface area contributed by atoms with Crippen LogP contribution in [0.1, 0.15) is 39.4 Å². The number of hydrogen-bond acceptors (Lipinski definition) is 1. The summed E-state index contributed by atoms with van der Waals surface area (Å²) in [6.07, 6.45) is 0. The average Bonchev–Trinajstić information content (AvgIpc) is 2.57. The lowest BCUT2D eigenvalue weighted by Crippen LogP contribution is -2.09. The van der Waals surface area contributed by atoms with Crippen LogP contribution in [0.15, 0.2) is 24.3 Å². The third kappa shape index (κ3) is 1.97. The Labute approximate surface area is 97.3 Å². The fourth-order valence-electron chi connectivity index (χ4n) is 2.09. The fraction of sp³-hybridized carbons (Fsp3) is 0.500. The maximum Gasteiger partial charge on any atom is 0.112 e. The lowest BCUT2D eigenvalue weighted by molar-refractivity contribution is 0.508. The molecule has 2 nitrogen and oxygen atoms in total. The second kappa shape index (κ2) is 4.28. The Hall–Kier alpha value is -1.31. The third-order valence-electron chi connectivity index (χ3n) is 2.75. The van der Waals surface area contributed by atoms with Gasteiger partial charge in [-0.05, 0) is 18.1 Å². The van der Waals surface area contributed by atoms with E-state index in [-0.39, 0.29) is 0 Å². The predicted molar refractivity (Wildman–Crippen MR) is 68.7 cm³/mol. The maximum absolute atomic E-state index is 4.73. The van der Waals surface area contributed by atoms with Gasteiger partial charge in [-0.3, -0.25) is 0 Å². The SMILES string of the molecule is CC(C)Cn1c(C(C)C)nc2ccccc21. The topological polar surface area (TPSA) is 17.8 Å². The smallest absolute Gasteiger partial charge is 0.112 e. The number of aromatic nitrogens is 2. The van der Waals surface area contributed by atoms with E-state index >= 15 is 0 Å². The predicted octanol–water partition coefficient (Wildman–Crippen LogP) is 3.82. The van der Waals surface area contributed by atoms with Crippen molar-refractivity contribution in [2.75, 3.05) is 0 Å². The molecule has 0 saturated heterocycles. The number of imidazole rings is 1. The van der Waals surface area contributed by atoms with Gasteiger partial charge in [-0.1, -0.05) is 39.8 Å². The van der Waals surface area contributed by atoms with Crippen molar-refractivity contribution in [3.63, 3.8) is 0 Å². The maximum atomic E-state index is 4.73. The lowest BCUT2D eigenvalue weighted by Gasteiger charge is -2.13. The molecule has 0 spiro atoms. The number of hydrogen-bond donors (Lipinski definition) is 0. The number of para-hydroxylation sites is 2. The molecule has 0 fully saturated rings. The van der Waals surface area contributed by atoms with Crippen LogP contribution in [0.3, 0.4) is 0 Å². The summed E-state index contributed by atoms with van der Waals surface area (Å²) in [7, 11) is 0. The fourth-order valence-corrected chi connectivity index (χ4v) is 2.09. The standard InChI is InChI=1S/C14H20N2/c1-10(2)9-16-13-8-6-5-7-12(13)15-14(16)11(3)4/h5-8,10-11H,9H2,1-4H3. The average molecular weight is 216 g/mol. The van der Waals surface area contributed by atoms with E-state index in [1.807, 2.05) is 0 Å². The highest BCUT2D eigenvalue weighted by atomic mass is 15.1. The molecule has 1 aromatic carbocycles. The molecule has 2 rings (SSSR count). The van der Waals surface area contributed by atoms with Crippen molar-refractivity contribution in [3.8, 4) is 0 Å². The van der Waals surface area contributed by atoms with Crippen LogP contribution in [0, 0.1) is 5.92 Å². The quantitative estimate of drug-likeness (QED) is 0.762. The van der Waals surface area contributed by atoms with Crippen molar-refractivity contribution < 1.29 is 0 Å². The molecule has 1 aromatic heterocycles. The summed E-state index contributed by atoms with van der Waals surface area (Å²) in [5.41, 5.74) is 2.38. The van der Waals surface area contributed by atoms with Gasteiger partial charge in [-0.25, -0.2) is 4.98 Å². The molecule has 0 N–H and O–H groups in total. The van der Waals surface area contributed by atoms with Crippen molar-refractivity contribution in [2.45, 2.75) is 40.2 Å². The van der Waals surface area contributed by atoms with Crippen LogP contribution in [0.25, 0.3) is 11.0 Å². The Kier molecular flexibility index (Phi) is 2.99. The van der Waals surface area contributed by atoms with Gasteiger partial charge in [0.2, 0.25) is 0 Å². The Morgan fingerprint density at radius 2 is 1.81 bits per heavy atom. The molecule has 0 radical (unpaired) electrons. The first-order valence-corrected chi connectivity index (χ1v) is 6.04. The van der Waals surface area contributed by atoms with E-state index in [1.165, 1.54) is 11.3 Å². The molecule has 2 heteroatoms. The van der Waals surface area contributed by atoms with E-state index in [4.69, 9.17) is 4.98 Å². The summed E-state index contributed by atoms with van der Waals surface area (Å²) in [6, 6.07) is 8.40. The molecule has 2 aromatic rings. The molecular formula is C14H20N2. The van der Waals surface area contributed by atoms with Crippen LogP contribution in [0.5, 0.6) is 0 Å². The summed E-state index contributed by atoms with van der Waals surface area (Å²) >= 11 is 0. The number of nitrogens with zero attached hydrogens (tertiary/aromatic N) is 2. The highest BCUT2D eigenvalue weighted by Gasteiger charge is 2.13. The number of benzene rings is 1. The molecule has 0 aliphatic carbocycles. The Morgan fingerprint density at radius 3 is 2.44 bits per heavy atom. The van der Waals surface area contributed by atoms with Gasteiger partial charge in [0, 0.05) is 12.5 Å². The van der Waals surface area contributed by atoms with Crippen LogP contribution < -0.4 is 0 Å². The summed E-state index contributed by atoms with van der Waals surface area (Å²) in [4.78, 5) is 4.73. The molecule has 16 heavy (non-hydrogen) atoms. The molecule has 0 atom stereocenters. The molecular weight excluding hydrogens is 196 g/mol. The monoisotopic (exact) mass is 216 g/mol. The number of rotatable bonds is 3. The van der Waals surface area contributed by atoms with Gasteiger partial charge in [0.1, 0.15) is 5.82 Å². The van der Waals surface area contributed by atoms with E-state index in [9.17, 15) is 0 Å². The second-order valence-electron chi connectivity index (χ2n) is 5.12. The molecule has 0 unspecified atom stereocenters. The zero-order chi connectivity index (χ0) is 11.7. The largest absolute Gasteiger partial charge is 0.328 e. The molecule has 86 valence electrons. The van der Waals surface area contributed by atoms with Crippen LogP contribution in [0.4, 0.5) is 0 Å². The highest BCUT2D eigenvalue weighted by molar-refractivity contribution is 5.76. The molecule has 0 aliphatic rings. The minimum Gasteiger partial charge on any atom is -0.328 e. The van der Waals surface area contributed by atoms with Gasteiger partial charge < -0.3 is 4.57 Å². The first-order chi connectivity index (χ1) is 7.59. The zero-order valence-corrected chi connectivity index (χ0v) is 10.6. The van der Waals surface area contributed by atoms with Gasteiger partial charge >= 0.3 is 0 Å². The lowest BCUT2D eigenvalue weighted by atomic mass is 10.2. The van der Waals surface area contributed by atoms with Gasteiger partial charge in [0.05, 0.1) is 11.0 Å². The summed E-state index contributed by atoms with van der Waals surface area (Å²) in [5.74, 6) is 2.33. The van der Waals surface area contributed by atoms with E-state index in [0.717, 1.165) is 12.1 Å². The normalized spacial score (nSPS) is 11.9. The minimum atomic E-state index is 0.478. The van der Waals surface area contributed by atoms with Gasteiger partial charge in [0.15, 0.2) is 0 Å². The minimum absolute atomic E-state index is 0.478. The zero-order valence-electron chi connectivity index (χ0n) is 10.6. The van der Waals surface area contributed by atoms with Crippen molar-refractivity contribution in [1.82, 2.24) is 9.55 Å². The Morgan fingerprint density at radius 1 is 1.12 bits per heavy atom. The van der Waals surface area contributed by atoms with Crippen LogP contribution in [-0.4, -0.2) is 9.55 Å². The molecule has 0 bridgehead atoms. The molecule has 1 heterocycles. The summed E-state index contributed by atoms with van der Waals surface area (Å²) in [6.45, 7) is 9.96. The molecule has 0 aliphatic heterocycles. The number of fused-ring (bicyclic) bond motifs is 1. The van der Waals surface area contributed by atoms with E-state index in [0.29, 0.717) is 11.8 Å². The molecule has 0 amide bonds. The van der Waals surface area contributed by atoms with Crippen molar-refractivity contribution in [1.29, 1.82) is 0 Å². The summed E-state index contributed by atoms with van der Waals surface area (Å²) < 4.78 is 2.37. The van der Waals surface area contributed by atoms with Crippen molar-refractivity contribution >= 4 is 11.0 Å². The van der Waals surface area contributed by atoms with Gasteiger partial charge in [-0.2, -0.15) is 0 Å². The van der Waals surface area contributed by atoms with Gasteiger partial charge in [-0.15, -0.1) is 0 Å². The van der Waals surface area contributed by atoms with Crippen LogP contribution >= 0.6 is 0 Å². The van der Waals surface area contributed by atoms with E-state index in [1.54, 1.807) is 0 Å². The third-order valence-corrected chi connectivity index (χ3v) is 2.75. The van der Waals surface area contributed by atoms with Crippen molar-refractivity contribution in [2.24, 2.45) is 5.92 Å². The Bertz CT molecular complexity index is 480. The van der Waals surface area contributed by atoms with Crippen LogP contribution in [0.2, 0.25) is 0 Å². The Balaban J connectivity index is 2.60. The second-order valence-corrected chi connectivity index (χ2v) is 5.12. The molecule has 0 saturated carbocycles. The van der Waals surface area contributed by atoms with E-state index in [2.05, 4.69) is 56.5 Å². The summed E-state index contributed by atoms with van der Waals surface area (Å²) in [5, 5.41) is 0. The van der Waals surface area contributed by atoms with E-state index < -0.39 is 0 Å². The van der Waals surface area contributed by atoms with Crippen molar-refractivity contribution in [3.05, 3.63) is 30.1 Å². The van der Waals surface area contributed by atoms with Crippen LogP contribution in [-0.2, 0) is 6.54 Å².